The molecule has 1 amide bonds. The van der Waals surface area contributed by atoms with Crippen LogP contribution in [-0.2, 0) is 11.2 Å². The van der Waals surface area contributed by atoms with Crippen molar-refractivity contribution in [1.29, 1.82) is 0 Å². The van der Waals surface area contributed by atoms with Crippen LogP contribution in [0.25, 0.3) is 0 Å². The van der Waals surface area contributed by atoms with Crippen molar-refractivity contribution in [3.8, 4) is 0 Å². The van der Waals surface area contributed by atoms with Crippen LogP contribution >= 0.6 is 24.0 Å². The van der Waals surface area contributed by atoms with E-state index in [1.165, 1.54) is 6.07 Å². The van der Waals surface area contributed by atoms with E-state index in [-0.39, 0.29) is 36.3 Å². The molecule has 0 spiro atoms. The largest absolute Gasteiger partial charge is 0.335 e. The fourth-order valence-electron chi connectivity index (χ4n) is 4.21. The molecule has 0 saturated carbocycles. The standard InChI is InChI=1S/C20H20ClFN2O.ClH/c21-17-7-4-8-18(22)15(17)9-19(25)24-12-14-10-23-11-16(14)20(24)13-5-2-1-3-6-13;/h1-8,14,16,20,23H,9-12H2;1H/t14-,16-,20-;/m0./s1. The van der Waals surface area contributed by atoms with Crippen molar-refractivity contribution in [2.45, 2.75) is 12.5 Å². The average molecular weight is 395 g/mol. The quantitative estimate of drug-likeness (QED) is 0.856. The topological polar surface area (TPSA) is 32.3 Å². The van der Waals surface area contributed by atoms with Gasteiger partial charge in [0.15, 0.2) is 0 Å². The first-order valence-corrected chi connectivity index (χ1v) is 9.01. The first-order chi connectivity index (χ1) is 12.1. The minimum absolute atomic E-state index is 0. The van der Waals surface area contributed by atoms with Crippen LogP contribution in [-0.4, -0.2) is 30.4 Å². The molecule has 2 saturated heterocycles. The van der Waals surface area contributed by atoms with E-state index < -0.39 is 5.82 Å². The van der Waals surface area contributed by atoms with Crippen molar-refractivity contribution in [3.63, 3.8) is 0 Å². The summed E-state index contributed by atoms with van der Waals surface area (Å²) < 4.78 is 14.1. The van der Waals surface area contributed by atoms with Gasteiger partial charge in [-0.1, -0.05) is 48.0 Å². The Kier molecular flexibility index (Phi) is 5.86. The smallest absolute Gasteiger partial charge is 0.227 e. The van der Waals surface area contributed by atoms with E-state index in [9.17, 15) is 9.18 Å². The van der Waals surface area contributed by atoms with Crippen molar-refractivity contribution in [1.82, 2.24) is 10.2 Å². The lowest BCUT2D eigenvalue weighted by Crippen LogP contribution is -2.35. The van der Waals surface area contributed by atoms with E-state index in [1.807, 2.05) is 23.1 Å². The van der Waals surface area contributed by atoms with Crippen LogP contribution in [0, 0.1) is 17.7 Å². The minimum atomic E-state index is -0.418. The highest BCUT2D eigenvalue weighted by molar-refractivity contribution is 6.31. The van der Waals surface area contributed by atoms with Gasteiger partial charge in [-0.3, -0.25) is 4.79 Å². The van der Waals surface area contributed by atoms with Gasteiger partial charge in [0.1, 0.15) is 5.82 Å². The van der Waals surface area contributed by atoms with Gasteiger partial charge in [0.25, 0.3) is 0 Å². The number of nitrogens with zero attached hydrogens (tertiary/aromatic N) is 1. The van der Waals surface area contributed by atoms with Crippen LogP contribution in [0.1, 0.15) is 17.2 Å². The van der Waals surface area contributed by atoms with Crippen LogP contribution in [0.2, 0.25) is 5.02 Å². The Balaban J connectivity index is 0.00000196. The zero-order valence-electron chi connectivity index (χ0n) is 14.2. The number of nitrogens with one attached hydrogen (secondary N) is 1. The molecule has 2 heterocycles. The zero-order chi connectivity index (χ0) is 17.4. The van der Waals surface area contributed by atoms with Crippen LogP contribution < -0.4 is 5.32 Å². The zero-order valence-corrected chi connectivity index (χ0v) is 15.8. The van der Waals surface area contributed by atoms with Crippen molar-refractivity contribution in [2.24, 2.45) is 11.8 Å². The summed E-state index contributed by atoms with van der Waals surface area (Å²) in [5, 5.41) is 3.74. The molecule has 2 aliphatic heterocycles. The van der Waals surface area contributed by atoms with Crippen LogP contribution in [0.3, 0.4) is 0 Å². The summed E-state index contributed by atoms with van der Waals surface area (Å²) in [4.78, 5) is 14.9. The minimum Gasteiger partial charge on any atom is -0.335 e. The van der Waals surface area contributed by atoms with Gasteiger partial charge in [-0.15, -0.1) is 12.4 Å². The Bertz CT molecular complexity index is 766. The van der Waals surface area contributed by atoms with Gasteiger partial charge in [-0.05, 0) is 23.6 Å². The number of hydrogen-bond donors (Lipinski definition) is 1. The van der Waals surface area contributed by atoms with Crippen molar-refractivity contribution in [3.05, 3.63) is 70.5 Å². The number of amides is 1. The average Bonchev–Trinajstić information content (AvgIpc) is 3.19. The third kappa shape index (κ3) is 3.46. The summed E-state index contributed by atoms with van der Waals surface area (Å²) >= 11 is 6.11. The van der Waals surface area contributed by atoms with Gasteiger partial charge < -0.3 is 10.2 Å². The molecule has 1 N–H and O–H groups in total. The number of rotatable bonds is 3. The Morgan fingerprint density at radius 2 is 1.92 bits per heavy atom. The van der Waals surface area contributed by atoms with Gasteiger partial charge in [-0.2, -0.15) is 0 Å². The molecule has 3 nitrogen and oxygen atoms in total. The van der Waals surface area contributed by atoms with E-state index in [0.29, 0.717) is 23.4 Å². The number of carbonyl (C=O) groups excluding carboxylic acids is 1. The maximum Gasteiger partial charge on any atom is 0.227 e. The summed E-state index contributed by atoms with van der Waals surface area (Å²) in [5.74, 6) is 0.376. The number of likely N-dealkylation sites (tertiary alicyclic amines) is 1. The van der Waals surface area contributed by atoms with E-state index in [2.05, 4.69) is 17.4 Å². The molecule has 2 fully saturated rings. The van der Waals surface area contributed by atoms with Gasteiger partial charge in [0.2, 0.25) is 5.91 Å². The summed E-state index contributed by atoms with van der Waals surface area (Å²) in [6.45, 7) is 2.55. The molecule has 0 radical (unpaired) electrons. The van der Waals surface area contributed by atoms with Crippen LogP contribution in [0.15, 0.2) is 48.5 Å². The third-order valence-corrected chi connectivity index (χ3v) is 5.77. The summed E-state index contributed by atoms with van der Waals surface area (Å²) in [5.41, 5.74) is 1.43. The first-order valence-electron chi connectivity index (χ1n) is 8.63. The molecular formula is C20H21Cl2FN2O. The molecule has 0 unspecified atom stereocenters. The van der Waals surface area contributed by atoms with Crippen molar-refractivity contribution >= 4 is 29.9 Å². The molecule has 6 heteroatoms. The highest BCUT2D eigenvalue weighted by Gasteiger charge is 2.46. The Hall–Kier alpha value is -1.62. The van der Waals surface area contributed by atoms with Gasteiger partial charge in [0, 0.05) is 36.1 Å². The third-order valence-electron chi connectivity index (χ3n) is 5.42. The molecule has 2 aliphatic rings. The maximum atomic E-state index is 14.1. The SMILES string of the molecule is Cl.O=C(Cc1c(F)cccc1Cl)N1C[C@@H]2CNC[C@@H]2[C@@H]1c1ccccc1. The van der Waals surface area contributed by atoms with Gasteiger partial charge >= 0.3 is 0 Å². The van der Waals surface area contributed by atoms with Gasteiger partial charge in [-0.25, -0.2) is 4.39 Å². The van der Waals surface area contributed by atoms with Crippen LogP contribution in [0.5, 0.6) is 0 Å². The predicted molar refractivity (Wildman–Crippen MR) is 103 cm³/mol. The molecular weight excluding hydrogens is 374 g/mol. The fraction of sp³-hybridized carbons (Fsp3) is 0.350. The van der Waals surface area contributed by atoms with E-state index in [4.69, 9.17) is 11.6 Å². The highest BCUT2D eigenvalue weighted by atomic mass is 35.5. The maximum absolute atomic E-state index is 14.1. The van der Waals surface area contributed by atoms with E-state index in [1.54, 1.807) is 12.1 Å². The second kappa shape index (κ2) is 7.95. The molecule has 3 atom stereocenters. The summed E-state index contributed by atoms with van der Waals surface area (Å²) in [7, 11) is 0. The second-order valence-corrected chi connectivity index (χ2v) is 7.27. The monoisotopic (exact) mass is 394 g/mol. The van der Waals surface area contributed by atoms with E-state index >= 15 is 0 Å². The first kappa shape index (κ1) is 19.2. The Morgan fingerprint density at radius 1 is 1.15 bits per heavy atom. The number of carbonyl (C=O) groups is 1. The number of hydrogen-bond acceptors (Lipinski definition) is 2. The molecule has 4 rings (SSSR count). The highest BCUT2D eigenvalue weighted by Crippen LogP contribution is 2.42. The number of benzene rings is 2. The fourth-order valence-corrected chi connectivity index (χ4v) is 4.44. The molecule has 138 valence electrons. The van der Waals surface area contributed by atoms with Crippen molar-refractivity contribution in [2.75, 3.05) is 19.6 Å². The second-order valence-electron chi connectivity index (χ2n) is 6.86. The number of fused-ring (bicyclic) bond motifs is 1. The Morgan fingerprint density at radius 3 is 2.65 bits per heavy atom. The molecule has 0 bridgehead atoms. The summed E-state index contributed by atoms with van der Waals surface area (Å²) in [6, 6.07) is 14.7. The molecule has 0 aliphatic carbocycles. The van der Waals surface area contributed by atoms with Crippen LogP contribution in [0.4, 0.5) is 4.39 Å². The van der Waals surface area contributed by atoms with Gasteiger partial charge in [0.05, 0.1) is 12.5 Å². The molecule has 2 aromatic rings. The number of halogens is 3. The van der Waals surface area contributed by atoms with Crippen molar-refractivity contribution < 1.29 is 9.18 Å². The lowest BCUT2D eigenvalue weighted by Gasteiger charge is -2.28. The normalized spacial score (nSPS) is 24.2. The Labute approximate surface area is 163 Å². The lowest BCUT2D eigenvalue weighted by atomic mass is 9.89. The lowest BCUT2D eigenvalue weighted by molar-refractivity contribution is -0.132. The summed E-state index contributed by atoms with van der Waals surface area (Å²) in [6.07, 6.45) is 0.00170. The predicted octanol–water partition coefficient (Wildman–Crippen LogP) is 3.86. The molecule has 0 aromatic heterocycles. The van der Waals surface area contributed by atoms with E-state index in [0.717, 1.165) is 18.7 Å². The molecule has 2 aromatic carbocycles. The molecule has 26 heavy (non-hydrogen) atoms.